The van der Waals surface area contributed by atoms with Gasteiger partial charge < -0.3 is 37.4 Å². The summed E-state index contributed by atoms with van der Waals surface area (Å²) < 4.78 is 0. The topological polar surface area (TPSA) is 209 Å². The van der Waals surface area contributed by atoms with Crippen LogP contribution >= 0.6 is 0 Å². The van der Waals surface area contributed by atoms with E-state index in [0.717, 1.165) is 0 Å². The maximum atomic E-state index is 13.1. The first-order valence-corrected chi connectivity index (χ1v) is 17.1. The summed E-state index contributed by atoms with van der Waals surface area (Å²) in [6.45, 7) is 19.0. The summed E-state index contributed by atoms with van der Waals surface area (Å²) in [5.41, 5.74) is 5.98. The minimum absolute atomic E-state index is 0.00321. The van der Waals surface area contributed by atoms with E-state index in [-0.39, 0.29) is 97.8 Å². The van der Waals surface area contributed by atoms with Crippen LogP contribution in [-0.4, -0.2) is 76.9 Å². The van der Waals surface area contributed by atoms with Gasteiger partial charge in [-0.15, -0.1) is 0 Å². The Balaban J connectivity index is 5.06. The van der Waals surface area contributed by atoms with Crippen LogP contribution in [0.1, 0.15) is 121 Å². The molecule has 13 heteroatoms. The minimum atomic E-state index is -0.990. The summed E-state index contributed by atoms with van der Waals surface area (Å²) in [7, 11) is 0. The van der Waals surface area contributed by atoms with Gasteiger partial charge in [0.2, 0.25) is 29.5 Å². The molecule has 0 radical (unpaired) electrons. The summed E-state index contributed by atoms with van der Waals surface area (Å²) >= 11 is 0. The zero-order chi connectivity index (χ0) is 36.4. The number of hydrogen-bond acceptors (Lipinski definition) is 7. The summed E-state index contributed by atoms with van der Waals surface area (Å²) in [5.74, 6) is -1.94. The van der Waals surface area contributed by atoms with Crippen molar-refractivity contribution >= 4 is 35.5 Å². The highest BCUT2D eigenvalue weighted by Crippen LogP contribution is 2.13. The molecule has 5 amide bonds. The van der Waals surface area contributed by atoms with Gasteiger partial charge in [0.15, 0.2) is 0 Å². The molecule has 0 aliphatic rings. The quantitative estimate of drug-likeness (QED) is 0.0859. The third-order valence-corrected chi connectivity index (χ3v) is 7.73. The molecule has 0 bridgehead atoms. The molecular formula is C34H64N6O7. The maximum absolute atomic E-state index is 13.1. The van der Waals surface area contributed by atoms with Crippen molar-refractivity contribution in [3.05, 3.63) is 0 Å². The van der Waals surface area contributed by atoms with E-state index in [1.165, 1.54) is 0 Å². The van der Waals surface area contributed by atoms with Crippen LogP contribution in [-0.2, 0) is 28.8 Å². The van der Waals surface area contributed by atoms with Gasteiger partial charge >= 0.3 is 5.97 Å². The second kappa shape index (κ2) is 22.4. The Hall–Kier alpha value is -3.22. The van der Waals surface area contributed by atoms with E-state index >= 15 is 0 Å². The molecule has 0 aliphatic carbocycles. The molecule has 6 atom stereocenters. The van der Waals surface area contributed by atoms with Gasteiger partial charge in [0.05, 0.1) is 6.42 Å². The number of aliphatic carboxylic acids is 1. The Morgan fingerprint density at radius 3 is 1.26 bits per heavy atom. The average molecular weight is 669 g/mol. The first-order chi connectivity index (χ1) is 21.7. The van der Waals surface area contributed by atoms with Crippen molar-refractivity contribution in [1.82, 2.24) is 26.6 Å². The van der Waals surface area contributed by atoms with Gasteiger partial charge in [0.25, 0.3) is 0 Å². The first-order valence-electron chi connectivity index (χ1n) is 17.1. The lowest BCUT2D eigenvalue weighted by Crippen LogP contribution is -2.47. The highest BCUT2D eigenvalue weighted by molar-refractivity contribution is 5.83. The number of nitrogens with one attached hydrogen (secondary N) is 5. The van der Waals surface area contributed by atoms with E-state index in [0.29, 0.717) is 12.8 Å². The maximum Gasteiger partial charge on any atom is 0.305 e. The van der Waals surface area contributed by atoms with Gasteiger partial charge in [-0.05, 0) is 50.4 Å². The Kier molecular flexibility index (Phi) is 20.8. The van der Waals surface area contributed by atoms with Crippen LogP contribution < -0.4 is 32.3 Å². The number of carboxylic acid groups (broad SMARTS) is 1. The van der Waals surface area contributed by atoms with Crippen molar-refractivity contribution in [2.24, 2.45) is 29.4 Å². The summed E-state index contributed by atoms with van der Waals surface area (Å²) in [6, 6.07) is -2.56. The van der Waals surface area contributed by atoms with Crippen LogP contribution in [0.15, 0.2) is 0 Å². The predicted octanol–water partition coefficient (Wildman–Crippen LogP) is 2.61. The smallest absolute Gasteiger partial charge is 0.305 e. The van der Waals surface area contributed by atoms with E-state index in [1.807, 2.05) is 55.4 Å². The Bertz CT molecular complexity index is 1020. The lowest BCUT2D eigenvalue weighted by molar-refractivity contribution is -0.138. The van der Waals surface area contributed by atoms with Gasteiger partial charge in [-0.2, -0.15) is 0 Å². The number of carbonyl (C=O) groups excluding carboxylic acids is 5. The standard InChI is InChI=1S/C34H64N6O7/c1-19(2)11-25(38-29(41)13-23(9)36-32(44)17-27(35)21(5)6)15-31(43)40-28(22(7)8)18-33(45)37-24(10)14-30(42)39-26(12-20(3)4)16-34(46)47/h19-28H,11-18,35H2,1-10H3,(H,36,44)(H,37,45)(H,38,41)(H,39,42)(H,40,43)(H,46,47)/t23-,24-,25-,26-,27-,28-/m0/s1. The van der Waals surface area contributed by atoms with Gasteiger partial charge in [-0.1, -0.05) is 55.4 Å². The number of rotatable bonds is 23. The fraction of sp³-hybridized carbons (Fsp3) is 0.824. The van der Waals surface area contributed by atoms with Crippen molar-refractivity contribution in [2.75, 3.05) is 0 Å². The first kappa shape index (κ1) is 43.8. The molecule has 8 N–H and O–H groups in total. The van der Waals surface area contributed by atoms with Crippen molar-refractivity contribution in [3.8, 4) is 0 Å². The minimum Gasteiger partial charge on any atom is -0.481 e. The van der Waals surface area contributed by atoms with Crippen LogP contribution in [0.25, 0.3) is 0 Å². The van der Waals surface area contributed by atoms with E-state index in [4.69, 9.17) is 10.8 Å². The Morgan fingerprint density at radius 1 is 0.489 bits per heavy atom. The monoisotopic (exact) mass is 668 g/mol. The van der Waals surface area contributed by atoms with Crippen LogP contribution in [0, 0.1) is 23.7 Å². The molecule has 0 aliphatic heterocycles. The molecule has 47 heavy (non-hydrogen) atoms. The van der Waals surface area contributed by atoms with E-state index in [2.05, 4.69) is 26.6 Å². The molecule has 0 fully saturated rings. The summed E-state index contributed by atoms with van der Waals surface area (Å²) in [5, 5.41) is 23.4. The lowest BCUT2D eigenvalue weighted by atomic mass is 9.97. The van der Waals surface area contributed by atoms with Crippen LogP contribution in [0.4, 0.5) is 0 Å². The SMILES string of the molecule is CC(C)C[C@@H](CC(=O)O)NC(=O)C[C@H](C)NC(=O)C[C@H](NC(=O)C[C@H](CC(C)C)NC(=O)C[C@H](C)NC(=O)C[C@H](N)C(C)C)C(C)C. The summed E-state index contributed by atoms with van der Waals surface area (Å²) in [4.78, 5) is 74.8. The van der Waals surface area contributed by atoms with Crippen LogP contribution in [0.5, 0.6) is 0 Å². The van der Waals surface area contributed by atoms with Crippen molar-refractivity contribution in [2.45, 2.75) is 157 Å². The second-order valence-corrected chi connectivity index (χ2v) is 14.7. The zero-order valence-corrected chi connectivity index (χ0v) is 30.4. The van der Waals surface area contributed by atoms with Gasteiger partial charge in [0, 0.05) is 68.4 Å². The number of carboxylic acids is 1. The van der Waals surface area contributed by atoms with Crippen LogP contribution in [0.3, 0.4) is 0 Å². The van der Waals surface area contributed by atoms with E-state index in [9.17, 15) is 28.8 Å². The highest BCUT2D eigenvalue weighted by atomic mass is 16.4. The van der Waals surface area contributed by atoms with Crippen molar-refractivity contribution in [3.63, 3.8) is 0 Å². The molecule has 0 aromatic carbocycles. The third kappa shape index (κ3) is 22.1. The molecule has 0 rings (SSSR count). The molecule has 0 unspecified atom stereocenters. The number of carbonyl (C=O) groups is 6. The third-order valence-electron chi connectivity index (χ3n) is 7.73. The van der Waals surface area contributed by atoms with Crippen molar-refractivity contribution in [1.29, 1.82) is 0 Å². The molecule has 0 spiro atoms. The lowest BCUT2D eigenvalue weighted by Gasteiger charge is -2.26. The highest BCUT2D eigenvalue weighted by Gasteiger charge is 2.25. The molecular weight excluding hydrogens is 604 g/mol. The van der Waals surface area contributed by atoms with E-state index in [1.54, 1.807) is 13.8 Å². The molecule has 0 aromatic rings. The molecule has 0 saturated carbocycles. The predicted molar refractivity (Wildman–Crippen MR) is 183 cm³/mol. The average Bonchev–Trinajstić information content (AvgIpc) is 2.85. The number of nitrogens with two attached hydrogens (primary N) is 1. The Morgan fingerprint density at radius 2 is 0.872 bits per heavy atom. The van der Waals surface area contributed by atoms with Gasteiger partial charge in [0.1, 0.15) is 0 Å². The zero-order valence-electron chi connectivity index (χ0n) is 30.4. The van der Waals surface area contributed by atoms with Gasteiger partial charge in [-0.3, -0.25) is 28.8 Å². The second-order valence-electron chi connectivity index (χ2n) is 14.7. The fourth-order valence-corrected chi connectivity index (χ4v) is 5.23. The molecule has 272 valence electrons. The van der Waals surface area contributed by atoms with Crippen LogP contribution in [0.2, 0.25) is 0 Å². The molecule has 0 aromatic heterocycles. The van der Waals surface area contributed by atoms with Gasteiger partial charge in [-0.25, -0.2) is 0 Å². The molecule has 0 heterocycles. The molecule has 13 nitrogen and oxygen atoms in total. The Labute approximate surface area is 282 Å². The van der Waals surface area contributed by atoms with E-state index < -0.39 is 36.2 Å². The van der Waals surface area contributed by atoms with Crippen molar-refractivity contribution < 1.29 is 33.9 Å². The largest absolute Gasteiger partial charge is 0.481 e. The summed E-state index contributed by atoms with van der Waals surface area (Å²) in [6.07, 6.45) is 1.18. The fourth-order valence-electron chi connectivity index (χ4n) is 5.23. The molecule has 0 saturated heterocycles. The number of hydrogen-bond donors (Lipinski definition) is 7. The number of amides is 5. The normalized spacial score (nSPS) is 15.4.